The molecule has 0 unspecified atom stereocenters. The zero-order valence-electron chi connectivity index (χ0n) is 12.2. The molecule has 1 amide bonds. The van der Waals surface area contributed by atoms with Gasteiger partial charge in [-0.3, -0.25) is 10.1 Å². The maximum absolute atomic E-state index is 12.1. The lowest BCUT2D eigenvalue weighted by Gasteiger charge is -2.01. The third kappa shape index (κ3) is 3.25. The number of carbonyl (C=O) groups is 1. The van der Waals surface area contributed by atoms with Gasteiger partial charge in [0.05, 0.1) is 27.2 Å². The first-order valence-electron chi connectivity index (χ1n) is 6.91. The molecule has 0 bridgehead atoms. The Balaban J connectivity index is 1.89. The van der Waals surface area contributed by atoms with Crippen molar-refractivity contribution in [1.29, 1.82) is 0 Å². The number of benzene rings is 1. The minimum atomic E-state index is -3.29. The van der Waals surface area contributed by atoms with E-state index in [2.05, 4.69) is 20.3 Å². The number of H-pyrrole nitrogens is 1. The van der Waals surface area contributed by atoms with Gasteiger partial charge in [-0.15, -0.1) is 11.3 Å². The van der Waals surface area contributed by atoms with Crippen LogP contribution in [-0.2, 0) is 9.84 Å². The van der Waals surface area contributed by atoms with Gasteiger partial charge in [-0.1, -0.05) is 6.92 Å². The largest absolute Gasteiger partial charge is 0.324 e. The van der Waals surface area contributed by atoms with Gasteiger partial charge in [0.1, 0.15) is 5.69 Å². The van der Waals surface area contributed by atoms with Crippen LogP contribution >= 0.6 is 11.3 Å². The summed E-state index contributed by atoms with van der Waals surface area (Å²) in [6.07, 6.45) is 0.554. The lowest BCUT2D eigenvalue weighted by atomic mass is 10.3. The highest BCUT2D eigenvalue weighted by molar-refractivity contribution is 7.91. The van der Waals surface area contributed by atoms with Crippen molar-refractivity contribution in [2.45, 2.75) is 18.2 Å². The number of thiazole rings is 1. The molecule has 9 heteroatoms. The molecule has 7 nitrogen and oxygen atoms in total. The molecular weight excluding hydrogens is 336 g/mol. The zero-order chi connectivity index (χ0) is 16.4. The van der Waals surface area contributed by atoms with Crippen LogP contribution in [0.25, 0.3) is 11.0 Å². The number of imidazole rings is 1. The zero-order valence-corrected chi connectivity index (χ0v) is 13.9. The summed E-state index contributed by atoms with van der Waals surface area (Å²) in [5.41, 5.74) is 3.00. The molecule has 0 fully saturated rings. The average Bonchev–Trinajstić information content (AvgIpc) is 3.15. The summed E-state index contributed by atoms with van der Waals surface area (Å²) in [5, 5.41) is 4.24. The number of hydrogen-bond acceptors (Lipinski definition) is 6. The van der Waals surface area contributed by atoms with Crippen LogP contribution in [0.4, 0.5) is 5.95 Å². The molecule has 0 aliphatic carbocycles. The second-order valence-electron chi connectivity index (χ2n) is 4.91. The Kier molecular flexibility index (Phi) is 4.14. The summed E-state index contributed by atoms with van der Waals surface area (Å²) in [6, 6.07) is 4.68. The van der Waals surface area contributed by atoms with Crippen molar-refractivity contribution in [1.82, 2.24) is 15.0 Å². The van der Waals surface area contributed by atoms with Crippen LogP contribution in [0.3, 0.4) is 0 Å². The maximum atomic E-state index is 12.1. The number of hydrogen-bond donors (Lipinski definition) is 2. The Labute approximate surface area is 136 Å². The highest BCUT2D eigenvalue weighted by Gasteiger charge is 2.16. The van der Waals surface area contributed by atoms with E-state index < -0.39 is 9.84 Å². The fraction of sp³-hybridized carbons (Fsp3) is 0.214. The maximum Gasteiger partial charge on any atom is 0.277 e. The molecule has 2 heterocycles. The van der Waals surface area contributed by atoms with Crippen molar-refractivity contribution in [2.75, 3.05) is 11.1 Å². The molecular formula is C14H14N4O3S2. The molecule has 2 aromatic heterocycles. The van der Waals surface area contributed by atoms with E-state index in [-0.39, 0.29) is 22.5 Å². The third-order valence-corrected chi connectivity index (χ3v) is 5.69. The number of carbonyl (C=O) groups excluding carboxylic acids is 1. The van der Waals surface area contributed by atoms with Crippen molar-refractivity contribution in [3.05, 3.63) is 34.8 Å². The van der Waals surface area contributed by atoms with E-state index >= 15 is 0 Å². The molecule has 120 valence electrons. The van der Waals surface area contributed by atoms with Crippen LogP contribution in [0.1, 0.15) is 23.8 Å². The molecule has 0 aliphatic rings. The Morgan fingerprint density at radius 3 is 2.91 bits per heavy atom. The summed E-state index contributed by atoms with van der Waals surface area (Å²) < 4.78 is 24.2. The number of aromatic amines is 1. The summed E-state index contributed by atoms with van der Waals surface area (Å²) in [5.74, 6) is -0.0211. The Morgan fingerprint density at radius 2 is 2.22 bits per heavy atom. The Hall–Kier alpha value is -2.26. The molecule has 0 saturated heterocycles. The fourth-order valence-electron chi connectivity index (χ4n) is 2.12. The molecule has 0 radical (unpaired) electrons. The topological polar surface area (TPSA) is 105 Å². The SMILES string of the molecule is CCCS(=O)(=O)c1ccc2nc(NC(=O)c3cscn3)[nH]c2c1. The highest BCUT2D eigenvalue weighted by atomic mass is 32.2. The molecule has 0 aliphatic heterocycles. The first kappa shape index (κ1) is 15.6. The van der Waals surface area contributed by atoms with Gasteiger partial charge in [0.15, 0.2) is 9.84 Å². The van der Waals surface area contributed by atoms with Crippen molar-refractivity contribution in [2.24, 2.45) is 0 Å². The van der Waals surface area contributed by atoms with Gasteiger partial charge in [-0.2, -0.15) is 0 Å². The van der Waals surface area contributed by atoms with E-state index in [0.29, 0.717) is 23.1 Å². The third-order valence-electron chi connectivity index (χ3n) is 3.18. The predicted octanol–water partition coefficient (Wildman–Crippen LogP) is 2.46. The van der Waals surface area contributed by atoms with Gasteiger partial charge in [0.2, 0.25) is 5.95 Å². The van der Waals surface area contributed by atoms with E-state index in [1.54, 1.807) is 17.0 Å². The number of amides is 1. The lowest BCUT2D eigenvalue weighted by molar-refractivity contribution is 0.102. The molecule has 3 aromatic rings. The van der Waals surface area contributed by atoms with Gasteiger partial charge < -0.3 is 4.98 Å². The van der Waals surface area contributed by atoms with Crippen LogP contribution in [0.2, 0.25) is 0 Å². The first-order chi connectivity index (χ1) is 11.0. The molecule has 1 aromatic carbocycles. The number of sulfone groups is 1. The van der Waals surface area contributed by atoms with Crippen LogP contribution in [-0.4, -0.2) is 35.0 Å². The highest BCUT2D eigenvalue weighted by Crippen LogP contribution is 2.20. The minimum Gasteiger partial charge on any atom is -0.324 e. The number of rotatable bonds is 5. The standard InChI is InChI=1S/C14H14N4O3S2/c1-2-5-23(20,21)9-3-4-10-11(6-9)17-14(16-10)18-13(19)12-7-22-8-15-12/h3-4,6-8H,2,5H2,1H3,(H2,16,17,18,19). The van der Waals surface area contributed by atoms with Crippen LogP contribution in [0, 0.1) is 0 Å². The molecule has 0 saturated carbocycles. The number of nitrogens with one attached hydrogen (secondary N) is 2. The second kappa shape index (κ2) is 6.09. The van der Waals surface area contributed by atoms with Crippen molar-refractivity contribution >= 4 is 44.1 Å². The molecule has 2 N–H and O–H groups in total. The fourth-order valence-corrected chi connectivity index (χ4v) is 4.00. The van der Waals surface area contributed by atoms with Gasteiger partial charge in [0.25, 0.3) is 5.91 Å². The summed E-state index contributed by atoms with van der Waals surface area (Å²) in [7, 11) is -3.29. The van der Waals surface area contributed by atoms with Gasteiger partial charge in [-0.25, -0.2) is 18.4 Å². The van der Waals surface area contributed by atoms with Crippen LogP contribution in [0.5, 0.6) is 0 Å². The van der Waals surface area contributed by atoms with E-state index in [4.69, 9.17) is 0 Å². The van der Waals surface area contributed by atoms with Crippen LogP contribution in [0.15, 0.2) is 34.0 Å². The van der Waals surface area contributed by atoms with Gasteiger partial charge >= 0.3 is 0 Å². The monoisotopic (exact) mass is 350 g/mol. The second-order valence-corrected chi connectivity index (χ2v) is 7.74. The quantitative estimate of drug-likeness (QED) is 0.735. The van der Waals surface area contributed by atoms with Crippen molar-refractivity contribution < 1.29 is 13.2 Å². The molecule has 23 heavy (non-hydrogen) atoms. The van der Waals surface area contributed by atoms with E-state index in [9.17, 15) is 13.2 Å². The predicted molar refractivity (Wildman–Crippen MR) is 88.5 cm³/mol. The molecule has 0 atom stereocenters. The van der Waals surface area contributed by atoms with Gasteiger partial charge in [-0.05, 0) is 24.6 Å². The number of anilines is 1. The summed E-state index contributed by atoms with van der Waals surface area (Å²) in [6.45, 7) is 1.82. The van der Waals surface area contributed by atoms with Crippen molar-refractivity contribution in [3.8, 4) is 0 Å². The minimum absolute atomic E-state index is 0.0973. The lowest BCUT2D eigenvalue weighted by Crippen LogP contribution is -2.13. The van der Waals surface area contributed by atoms with Crippen LogP contribution < -0.4 is 5.32 Å². The summed E-state index contributed by atoms with van der Waals surface area (Å²) >= 11 is 1.32. The van der Waals surface area contributed by atoms with Crippen molar-refractivity contribution in [3.63, 3.8) is 0 Å². The van der Waals surface area contributed by atoms with Gasteiger partial charge in [0, 0.05) is 5.38 Å². The Bertz CT molecular complexity index is 946. The number of fused-ring (bicyclic) bond motifs is 1. The number of nitrogens with zero attached hydrogens (tertiary/aromatic N) is 2. The normalized spacial score (nSPS) is 11.7. The first-order valence-corrected chi connectivity index (χ1v) is 9.51. The Morgan fingerprint density at radius 1 is 1.39 bits per heavy atom. The van der Waals surface area contributed by atoms with E-state index in [1.165, 1.54) is 23.5 Å². The number of aromatic nitrogens is 3. The molecule has 3 rings (SSSR count). The van der Waals surface area contributed by atoms with E-state index in [1.807, 2.05) is 6.92 Å². The van der Waals surface area contributed by atoms with E-state index in [0.717, 1.165) is 0 Å². The summed E-state index contributed by atoms with van der Waals surface area (Å²) in [4.78, 5) is 23.2. The average molecular weight is 350 g/mol. The molecule has 0 spiro atoms. The smallest absolute Gasteiger partial charge is 0.277 e.